The van der Waals surface area contributed by atoms with Crippen molar-refractivity contribution in [2.45, 2.75) is 32.7 Å². The van der Waals surface area contributed by atoms with Gasteiger partial charge in [0, 0.05) is 18.5 Å². The van der Waals surface area contributed by atoms with Gasteiger partial charge in [-0.25, -0.2) is 9.67 Å². The van der Waals surface area contributed by atoms with E-state index in [0.29, 0.717) is 13.0 Å². The van der Waals surface area contributed by atoms with Crippen LogP contribution in [-0.4, -0.2) is 27.1 Å². The van der Waals surface area contributed by atoms with Crippen LogP contribution < -0.4 is 5.73 Å². The van der Waals surface area contributed by atoms with Gasteiger partial charge in [-0.1, -0.05) is 0 Å². The van der Waals surface area contributed by atoms with Crippen LogP contribution in [0.1, 0.15) is 25.6 Å². The minimum Gasteiger partial charge on any atom is -0.329 e. The zero-order valence-electron chi connectivity index (χ0n) is 8.94. The van der Waals surface area contributed by atoms with Gasteiger partial charge in [0.05, 0.1) is 6.42 Å². The molecule has 0 atom stereocenters. The minimum absolute atomic E-state index is 0.215. The van der Waals surface area contributed by atoms with Gasteiger partial charge >= 0.3 is 0 Å². The molecule has 82 valence electrons. The molecule has 0 amide bonds. The fourth-order valence-corrected chi connectivity index (χ4v) is 1.77. The number of aromatic nitrogens is 3. The molecular formula is C10H16N4O. The number of ketones is 1. The smallest absolute Gasteiger partial charge is 0.147 e. The van der Waals surface area contributed by atoms with Gasteiger partial charge in [-0.15, -0.1) is 0 Å². The van der Waals surface area contributed by atoms with Crippen LogP contribution in [0.5, 0.6) is 0 Å². The second kappa shape index (κ2) is 3.73. The van der Waals surface area contributed by atoms with E-state index in [-0.39, 0.29) is 11.2 Å². The van der Waals surface area contributed by atoms with Crippen molar-refractivity contribution in [2.75, 3.05) is 6.54 Å². The molecular weight excluding hydrogens is 192 g/mol. The molecule has 1 aromatic rings. The predicted octanol–water partition coefficient (Wildman–Crippen LogP) is 0.148. The molecule has 1 fully saturated rings. The van der Waals surface area contributed by atoms with Gasteiger partial charge in [-0.3, -0.25) is 4.79 Å². The third-order valence-electron chi connectivity index (χ3n) is 3.15. The zero-order chi connectivity index (χ0) is 10.9. The van der Waals surface area contributed by atoms with E-state index in [1.165, 1.54) is 6.33 Å². The summed E-state index contributed by atoms with van der Waals surface area (Å²) in [5, 5.41) is 4.04. The summed E-state index contributed by atoms with van der Waals surface area (Å²) in [4.78, 5) is 16.0. The Morgan fingerprint density at radius 3 is 2.93 bits per heavy atom. The zero-order valence-corrected chi connectivity index (χ0v) is 8.94. The monoisotopic (exact) mass is 208 g/mol. The van der Waals surface area contributed by atoms with E-state index < -0.39 is 0 Å². The molecule has 15 heavy (non-hydrogen) atoms. The summed E-state index contributed by atoms with van der Waals surface area (Å²) in [6.45, 7) is 3.20. The van der Waals surface area contributed by atoms with E-state index in [4.69, 9.17) is 5.73 Å². The molecule has 5 nitrogen and oxygen atoms in total. The molecule has 0 saturated heterocycles. The average Bonchev–Trinajstić information content (AvgIpc) is 2.94. The van der Waals surface area contributed by atoms with Crippen molar-refractivity contribution >= 4 is 5.78 Å². The van der Waals surface area contributed by atoms with E-state index in [9.17, 15) is 4.79 Å². The van der Waals surface area contributed by atoms with Crippen LogP contribution in [-0.2, 0) is 17.8 Å². The lowest BCUT2D eigenvalue weighted by Gasteiger charge is -2.10. The highest BCUT2D eigenvalue weighted by Gasteiger charge is 2.47. The quantitative estimate of drug-likeness (QED) is 0.747. The van der Waals surface area contributed by atoms with Gasteiger partial charge < -0.3 is 5.73 Å². The van der Waals surface area contributed by atoms with E-state index in [2.05, 4.69) is 10.1 Å². The third kappa shape index (κ3) is 1.79. The number of Topliss-reactive ketones (excluding diaryl/α,β-unsaturated/α-hetero) is 1. The van der Waals surface area contributed by atoms with Crippen molar-refractivity contribution in [1.82, 2.24) is 14.8 Å². The molecule has 0 radical (unpaired) electrons. The molecule has 0 aromatic carbocycles. The first-order chi connectivity index (χ1) is 7.22. The van der Waals surface area contributed by atoms with Crippen LogP contribution in [0.3, 0.4) is 0 Å². The van der Waals surface area contributed by atoms with Crippen molar-refractivity contribution in [3.8, 4) is 0 Å². The molecule has 1 saturated carbocycles. The third-order valence-corrected chi connectivity index (χ3v) is 3.15. The lowest BCUT2D eigenvalue weighted by Crippen LogP contribution is -2.27. The molecule has 5 heteroatoms. The van der Waals surface area contributed by atoms with E-state index in [1.807, 2.05) is 6.92 Å². The maximum atomic E-state index is 11.9. The highest BCUT2D eigenvalue weighted by atomic mass is 16.1. The summed E-state index contributed by atoms with van der Waals surface area (Å²) >= 11 is 0. The molecule has 1 heterocycles. The van der Waals surface area contributed by atoms with Gasteiger partial charge in [0.1, 0.15) is 17.9 Å². The molecule has 0 unspecified atom stereocenters. The highest BCUT2D eigenvalue weighted by Crippen LogP contribution is 2.45. The Balaban J connectivity index is 2.06. The second-order valence-corrected chi connectivity index (χ2v) is 4.08. The van der Waals surface area contributed by atoms with E-state index in [1.54, 1.807) is 4.68 Å². The number of hydrogen-bond acceptors (Lipinski definition) is 4. The van der Waals surface area contributed by atoms with Crippen LogP contribution >= 0.6 is 0 Å². The largest absolute Gasteiger partial charge is 0.329 e. The second-order valence-electron chi connectivity index (χ2n) is 4.08. The number of carbonyl (C=O) groups is 1. The lowest BCUT2D eigenvalue weighted by atomic mass is 9.98. The minimum atomic E-state index is -0.232. The molecule has 2 N–H and O–H groups in total. The van der Waals surface area contributed by atoms with Crippen LogP contribution in [0.25, 0.3) is 0 Å². The van der Waals surface area contributed by atoms with Crippen molar-refractivity contribution in [2.24, 2.45) is 11.1 Å². The molecule has 0 spiro atoms. The van der Waals surface area contributed by atoms with E-state index >= 15 is 0 Å². The van der Waals surface area contributed by atoms with Crippen molar-refractivity contribution in [1.29, 1.82) is 0 Å². The molecule has 1 aliphatic rings. The molecule has 1 aromatic heterocycles. The van der Waals surface area contributed by atoms with Gasteiger partial charge in [-0.05, 0) is 19.8 Å². The van der Waals surface area contributed by atoms with Gasteiger partial charge in [0.15, 0.2) is 0 Å². The standard InChI is InChI=1S/C10H16N4O/c1-2-14-9(12-7-13-14)5-8(15)10(6-11)3-4-10/h7H,2-6,11H2,1H3. The summed E-state index contributed by atoms with van der Waals surface area (Å²) in [6, 6.07) is 0. The van der Waals surface area contributed by atoms with Crippen LogP contribution in [0.2, 0.25) is 0 Å². The summed E-state index contributed by atoms with van der Waals surface area (Å²) in [5.41, 5.74) is 5.37. The SMILES string of the molecule is CCn1ncnc1CC(=O)C1(CN)CC1. The summed E-state index contributed by atoms with van der Waals surface area (Å²) in [5.74, 6) is 0.968. The predicted molar refractivity (Wildman–Crippen MR) is 55.1 cm³/mol. The fraction of sp³-hybridized carbons (Fsp3) is 0.700. The molecule has 2 rings (SSSR count). The molecule has 1 aliphatic carbocycles. The fourth-order valence-electron chi connectivity index (χ4n) is 1.77. The number of hydrogen-bond donors (Lipinski definition) is 1. The Morgan fingerprint density at radius 1 is 1.67 bits per heavy atom. The number of carbonyl (C=O) groups excluding carboxylic acids is 1. The maximum absolute atomic E-state index is 11.9. The first-order valence-corrected chi connectivity index (χ1v) is 5.32. The van der Waals surface area contributed by atoms with E-state index in [0.717, 1.165) is 25.2 Å². The summed E-state index contributed by atoms with van der Waals surface area (Å²) in [6.07, 6.45) is 3.73. The van der Waals surface area contributed by atoms with Crippen LogP contribution in [0, 0.1) is 5.41 Å². The Labute approximate surface area is 88.7 Å². The number of rotatable bonds is 5. The Hall–Kier alpha value is -1.23. The van der Waals surface area contributed by atoms with Crippen molar-refractivity contribution in [3.05, 3.63) is 12.2 Å². The Bertz CT molecular complexity index is 367. The van der Waals surface area contributed by atoms with Crippen molar-refractivity contribution < 1.29 is 4.79 Å². The van der Waals surface area contributed by atoms with Crippen LogP contribution in [0.4, 0.5) is 0 Å². The normalized spacial score (nSPS) is 17.7. The van der Waals surface area contributed by atoms with Gasteiger partial charge in [-0.2, -0.15) is 5.10 Å². The lowest BCUT2D eigenvalue weighted by molar-refractivity contribution is -0.123. The Kier molecular flexibility index (Phi) is 2.56. The van der Waals surface area contributed by atoms with Gasteiger partial charge in [0.25, 0.3) is 0 Å². The Morgan fingerprint density at radius 2 is 2.40 bits per heavy atom. The first-order valence-electron chi connectivity index (χ1n) is 5.32. The number of aryl methyl sites for hydroxylation is 1. The molecule has 0 aliphatic heterocycles. The first kappa shape index (κ1) is 10.3. The van der Waals surface area contributed by atoms with Gasteiger partial charge in [0.2, 0.25) is 0 Å². The topological polar surface area (TPSA) is 73.8 Å². The van der Waals surface area contributed by atoms with Crippen molar-refractivity contribution in [3.63, 3.8) is 0 Å². The van der Waals surface area contributed by atoms with Crippen LogP contribution in [0.15, 0.2) is 6.33 Å². The summed E-state index contributed by atoms with van der Waals surface area (Å²) in [7, 11) is 0. The maximum Gasteiger partial charge on any atom is 0.147 e. The molecule has 0 bridgehead atoms. The highest BCUT2D eigenvalue weighted by molar-refractivity contribution is 5.88. The average molecular weight is 208 g/mol. The number of nitrogens with two attached hydrogens (primary N) is 1. The summed E-state index contributed by atoms with van der Waals surface area (Å²) < 4.78 is 1.75. The number of nitrogens with zero attached hydrogens (tertiary/aromatic N) is 3.